The molecule has 0 aliphatic carbocycles. The Morgan fingerprint density at radius 3 is 2.67 bits per heavy atom. The van der Waals surface area contributed by atoms with Crippen molar-refractivity contribution in [2.45, 2.75) is 26.8 Å². The molecule has 0 fully saturated rings. The highest BCUT2D eigenvalue weighted by molar-refractivity contribution is 6.05. The zero-order chi connectivity index (χ0) is 18.8. The van der Waals surface area contributed by atoms with Crippen LogP contribution in [0.1, 0.15) is 32.6 Å². The molecule has 4 rings (SSSR count). The summed E-state index contributed by atoms with van der Waals surface area (Å²) in [5, 5.41) is 3.01. The number of aryl methyl sites for hydroxylation is 2. The van der Waals surface area contributed by atoms with E-state index in [1.807, 2.05) is 32.0 Å². The Bertz CT molecular complexity index is 996. The van der Waals surface area contributed by atoms with Crippen LogP contribution in [0.5, 0.6) is 0 Å². The van der Waals surface area contributed by atoms with Crippen LogP contribution in [0.3, 0.4) is 0 Å². The highest BCUT2D eigenvalue weighted by Crippen LogP contribution is 2.24. The molecule has 27 heavy (non-hydrogen) atoms. The number of nitrogens with zero attached hydrogens (tertiary/aromatic N) is 2. The summed E-state index contributed by atoms with van der Waals surface area (Å²) in [6, 6.07) is 18.2. The second kappa shape index (κ2) is 7.23. The number of fused-ring (bicyclic) bond motifs is 1. The van der Waals surface area contributed by atoms with Gasteiger partial charge in [0.2, 0.25) is 0 Å². The average molecular weight is 357 g/mol. The molecule has 136 valence electrons. The lowest BCUT2D eigenvalue weighted by atomic mass is 10.00. The Morgan fingerprint density at radius 2 is 1.85 bits per heavy atom. The Hall–Kier alpha value is -3.14. The first-order valence-corrected chi connectivity index (χ1v) is 9.26. The molecule has 0 saturated heterocycles. The van der Waals surface area contributed by atoms with Crippen molar-refractivity contribution < 1.29 is 4.79 Å². The molecule has 1 N–H and O–H groups in total. The smallest absolute Gasteiger partial charge is 0.255 e. The molecule has 0 spiro atoms. The lowest BCUT2D eigenvalue weighted by Crippen LogP contribution is -2.31. The van der Waals surface area contributed by atoms with Gasteiger partial charge in [-0.1, -0.05) is 42.0 Å². The summed E-state index contributed by atoms with van der Waals surface area (Å²) in [4.78, 5) is 19.5. The number of pyridine rings is 1. The normalized spacial score (nSPS) is 13.2. The van der Waals surface area contributed by atoms with Crippen molar-refractivity contribution in [2.24, 2.45) is 0 Å². The van der Waals surface area contributed by atoms with Gasteiger partial charge in [0, 0.05) is 30.5 Å². The van der Waals surface area contributed by atoms with Crippen LogP contribution in [0, 0.1) is 13.8 Å². The molecular weight excluding hydrogens is 334 g/mol. The molecule has 1 aliphatic heterocycles. The quantitative estimate of drug-likeness (QED) is 0.750. The van der Waals surface area contributed by atoms with Crippen molar-refractivity contribution in [1.82, 2.24) is 4.98 Å². The number of benzene rings is 2. The predicted octanol–water partition coefficient (Wildman–Crippen LogP) is 4.51. The van der Waals surface area contributed by atoms with E-state index < -0.39 is 0 Å². The molecule has 1 aromatic heterocycles. The standard InChI is InChI=1S/C23H23N3O/c1-16-7-8-21(17(2)13-16)25-23(27)19-9-11-24-22(14-19)26-12-10-18-5-3-4-6-20(18)15-26/h3-9,11,13-14H,10,12,15H2,1-2H3,(H,25,27). The van der Waals surface area contributed by atoms with Crippen molar-refractivity contribution in [3.8, 4) is 0 Å². The molecule has 2 heterocycles. The van der Waals surface area contributed by atoms with Crippen molar-refractivity contribution in [1.29, 1.82) is 0 Å². The topological polar surface area (TPSA) is 45.2 Å². The SMILES string of the molecule is Cc1ccc(NC(=O)c2ccnc(N3CCc4ccccc4C3)c2)c(C)c1. The molecule has 4 nitrogen and oxygen atoms in total. The highest BCUT2D eigenvalue weighted by Gasteiger charge is 2.18. The number of amides is 1. The maximum atomic E-state index is 12.7. The van der Waals surface area contributed by atoms with Gasteiger partial charge in [-0.2, -0.15) is 0 Å². The third-order valence-corrected chi connectivity index (χ3v) is 5.09. The van der Waals surface area contributed by atoms with Gasteiger partial charge in [0.25, 0.3) is 5.91 Å². The van der Waals surface area contributed by atoms with Gasteiger partial charge >= 0.3 is 0 Å². The van der Waals surface area contributed by atoms with E-state index in [-0.39, 0.29) is 5.91 Å². The molecule has 0 saturated carbocycles. The Morgan fingerprint density at radius 1 is 1.04 bits per heavy atom. The van der Waals surface area contributed by atoms with Gasteiger partial charge in [0.15, 0.2) is 0 Å². The fourth-order valence-corrected chi connectivity index (χ4v) is 3.57. The summed E-state index contributed by atoms with van der Waals surface area (Å²) in [5.41, 5.74) is 6.44. The maximum absolute atomic E-state index is 12.7. The third-order valence-electron chi connectivity index (χ3n) is 5.09. The molecule has 0 unspecified atom stereocenters. The zero-order valence-corrected chi connectivity index (χ0v) is 15.7. The molecule has 1 amide bonds. The number of hydrogen-bond acceptors (Lipinski definition) is 3. The van der Waals surface area contributed by atoms with Crippen LogP contribution in [0.15, 0.2) is 60.8 Å². The molecule has 0 radical (unpaired) electrons. The zero-order valence-electron chi connectivity index (χ0n) is 15.7. The fourth-order valence-electron chi connectivity index (χ4n) is 3.57. The van der Waals surface area contributed by atoms with Crippen LogP contribution in [-0.4, -0.2) is 17.4 Å². The van der Waals surface area contributed by atoms with Gasteiger partial charge < -0.3 is 10.2 Å². The lowest BCUT2D eigenvalue weighted by molar-refractivity contribution is 0.102. The number of carbonyl (C=O) groups is 1. The molecule has 3 aromatic rings. The van der Waals surface area contributed by atoms with Crippen LogP contribution in [-0.2, 0) is 13.0 Å². The first-order chi connectivity index (χ1) is 13.1. The summed E-state index contributed by atoms with van der Waals surface area (Å²) in [5.74, 6) is 0.737. The van der Waals surface area contributed by atoms with E-state index in [2.05, 4.69) is 45.5 Å². The first-order valence-electron chi connectivity index (χ1n) is 9.26. The number of hydrogen-bond donors (Lipinski definition) is 1. The third kappa shape index (κ3) is 3.70. The van der Waals surface area contributed by atoms with Gasteiger partial charge in [-0.3, -0.25) is 4.79 Å². The summed E-state index contributed by atoms with van der Waals surface area (Å²) in [6.45, 7) is 5.79. The van der Waals surface area contributed by atoms with Crippen molar-refractivity contribution in [2.75, 3.05) is 16.8 Å². The maximum Gasteiger partial charge on any atom is 0.255 e. The number of anilines is 2. The number of carbonyl (C=O) groups excluding carboxylic acids is 1. The van der Waals surface area contributed by atoms with Gasteiger partial charge in [-0.15, -0.1) is 0 Å². The first kappa shape index (κ1) is 17.3. The van der Waals surface area contributed by atoms with Crippen LogP contribution in [0.4, 0.5) is 11.5 Å². The van der Waals surface area contributed by atoms with Gasteiger partial charge in [0.1, 0.15) is 5.82 Å². The van der Waals surface area contributed by atoms with Crippen molar-refractivity contribution in [3.05, 3.63) is 88.6 Å². The van der Waals surface area contributed by atoms with E-state index in [4.69, 9.17) is 0 Å². The van der Waals surface area contributed by atoms with Gasteiger partial charge in [-0.05, 0) is 55.2 Å². The Kier molecular flexibility index (Phi) is 4.63. The van der Waals surface area contributed by atoms with Crippen LogP contribution in [0.25, 0.3) is 0 Å². The monoisotopic (exact) mass is 357 g/mol. The fraction of sp³-hybridized carbons (Fsp3) is 0.217. The summed E-state index contributed by atoms with van der Waals surface area (Å²) in [7, 11) is 0. The number of nitrogens with one attached hydrogen (secondary N) is 1. The molecular formula is C23H23N3O. The van der Waals surface area contributed by atoms with Crippen LogP contribution < -0.4 is 10.2 Å². The molecule has 0 bridgehead atoms. The van der Waals surface area contributed by atoms with Gasteiger partial charge in [-0.25, -0.2) is 4.98 Å². The molecule has 4 heteroatoms. The summed E-state index contributed by atoms with van der Waals surface area (Å²) >= 11 is 0. The predicted molar refractivity (Wildman–Crippen MR) is 109 cm³/mol. The van der Waals surface area contributed by atoms with E-state index in [1.54, 1.807) is 12.3 Å². The minimum atomic E-state index is -0.108. The van der Waals surface area contributed by atoms with E-state index in [0.717, 1.165) is 36.6 Å². The highest BCUT2D eigenvalue weighted by atomic mass is 16.1. The second-order valence-electron chi connectivity index (χ2n) is 7.12. The van der Waals surface area contributed by atoms with Crippen molar-refractivity contribution >= 4 is 17.4 Å². The molecule has 2 aromatic carbocycles. The minimum Gasteiger partial charge on any atom is -0.352 e. The van der Waals surface area contributed by atoms with Crippen LogP contribution in [0.2, 0.25) is 0 Å². The minimum absolute atomic E-state index is 0.108. The summed E-state index contributed by atoms with van der Waals surface area (Å²) < 4.78 is 0. The lowest BCUT2D eigenvalue weighted by Gasteiger charge is -2.29. The average Bonchev–Trinajstić information content (AvgIpc) is 2.70. The van der Waals surface area contributed by atoms with E-state index >= 15 is 0 Å². The molecule has 1 aliphatic rings. The Balaban J connectivity index is 1.53. The van der Waals surface area contributed by atoms with Gasteiger partial charge in [0.05, 0.1) is 0 Å². The van der Waals surface area contributed by atoms with E-state index in [9.17, 15) is 4.79 Å². The van der Waals surface area contributed by atoms with E-state index in [0.29, 0.717) is 5.56 Å². The molecule has 0 atom stereocenters. The van der Waals surface area contributed by atoms with Crippen molar-refractivity contribution in [3.63, 3.8) is 0 Å². The summed E-state index contributed by atoms with van der Waals surface area (Å²) in [6.07, 6.45) is 2.71. The number of aromatic nitrogens is 1. The number of rotatable bonds is 3. The Labute approximate surface area is 159 Å². The van der Waals surface area contributed by atoms with E-state index in [1.165, 1.54) is 16.7 Å². The largest absolute Gasteiger partial charge is 0.352 e. The van der Waals surface area contributed by atoms with Crippen LogP contribution >= 0.6 is 0 Å². The second-order valence-corrected chi connectivity index (χ2v) is 7.12.